The monoisotopic (exact) mass is 192 g/mol. The topological polar surface area (TPSA) is 34.9 Å². The zero-order valence-electron chi connectivity index (χ0n) is 8.57. The van der Waals surface area contributed by atoms with Crippen LogP contribution in [-0.2, 0) is 0 Å². The van der Waals surface area contributed by atoms with Crippen LogP contribution >= 0.6 is 0 Å². The van der Waals surface area contributed by atoms with Crippen molar-refractivity contribution in [3.63, 3.8) is 0 Å². The molecule has 76 valence electrons. The van der Waals surface area contributed by atoms with Crippen LogP contribution in [0.1, 0.15) is 44.0 Å². The molecule has 0 saturated heterocycles. The van der Waals surface area contributed by atoms with Gasteiger partial charge in [-0.25, -0.2) is 4.98 Å². The van der Waals surface area contributed by atoms with Gasteiger partial charge < -0.3 is 0 Å². The van der Waals surface area contributed by atoms with Gasteiger partial charge in [-0.15, -0.1) is 0 Å². The Kier molecular flexibility index (Phi) is 2.66. The molecule has 1 heterocycles. The second kappa shape index (κ2) is 3.95. The molecule has 3 heteroatoms. The van der Waals surface area contributed by atoms with Gasteiger partial charge in [0, 0.05) is 18.3 Å². The third-order valence-electron chi connectivity index (χ3n) is 3.00. The van der Waals surface area contributed by atoms with Crippen molar-refractivity contribution in [3.8, 4) is 0 Å². The van der Waals surface area contributed by atoms with Crippen LogP contribution in [0, 0.1) is 6.92 Å². The second-order valence-corrected chi connectivity index (χ2v) is 3.99. The highest BCUT2D eigenvalue weighted by atomic mass is 16.1. The molecule has 0 aliphatic heterocycles. The van der Waals surface area contributed by atoms with Crippen LogP contribution in [-0.4, -0.2) is 9.55 Å². The van der Waals surface area contributed by atoms with E-state index in [0.29, 0.717) is 6.04 Å². The molecule has 14 heavy (non-hydrogen) atoms. The van der Waals surface area contributed by atoms with Gasteiger partial charge in [0.25, 0.3) is 5.56 Å². The van der Waals surface area contributed by atoms with Gasteiger partial charge in [-0.2, -0.15) is 0 Å². The van der Waals surface area contributed by atoms with Crippen molar-refractivity contribution in [2.24, 2.45) is 0 Å². The fourth-order valence-corrected chi connectivity index (χ4v) is 2.29. The molecule has 1 aromatic rings. The first-order valence-corrected chi connectivity index (χ1v) is 5.33. The lowest BCUT2D eigenvalue weighted by Crippen LogP contribution is -2.28. The van der Waals surface area contributed by atoms with Crippen LogP contribution in [0.4, 0.5) is 0 Å². The number of nitrogens with zero attached hydrogens (tertiary/aromatic N) is 2. The van der Waals surface area contributed by atoms with Crippen LogP contribution in [0.2, 0.25) is 0 Å². The van der Waals surface area contributed by atoms with E-state index >= 15 is 0 Å². The molecule has 0 atom stereocenters. The predicted molar refractivity (Wildman–Crippen MR) is 55.4 cm³/mol. The normalized spacial score (nSPS) is 18.4. The van der Waals surface area contributed by atoms with Crippen LogP contribution in [0.15, 0.2) is 17.1 Å². The summed E-state index contributed by atoms with van der Waals surface area (Å²) in [5.41, 5.74) is 0.101. The fourth-order valence-electron chi connectivity index (χ4n) is 2.29. The molecule has 2 rings (SSSR count). The molecular weight excluding hydrogens is 176 g/mol. The summed E-state index contributed by atoms with van der Waals surface area (Å²) in [7, 11) is 0. The van der Waals surface area contributed by atoms with Gasteiger partial charge in [0.1, 0.15) is 5.82 Å². The summed E-state index contributed by atoms with van der Waals surface area (Å²) in [4.78, 5) is 15.8. The quantitative estimate of drug-likeness (QED) is 0.682. The summed E-state index contributed by atoms with van der Waals surface area (Å²) in [5.74, 6) is 0.851. The molecule has 1 aliphatic carbocycles. The van der Waals surface area contributed by atoms with E-state index in [-0.39, 0.29) is 5.56 Å². The molecule has 1 aromatic heterocycles. The molecule has 3 nitrogen and oxygen atoms in total. The number of hydrogen-bond acceptors (Lipinski definition) is 2. The molecule has 1 aliphatic rings. The predicted octanol–water partition coefficient (Wildman–Crippen LogP) is 2.06. The highest BCUT2D eigenvalue weighted by Gasteiger charge is 2.17. The Morgan fingerprint density at radius 1 is 1.36 bits per heavy atom. The number of rotatable bonds is 1. The van der Waals surface area contributed by atoms with E-state index < -0.39 is 0 Å². The summed E-state index contributed by atoms with van der Waals surface area (Å²) < 4.78 is 1.86. The average Bonchev–Trinajstić information content (AvgIpc) is 2.19. The lowest BCUT2D eigenvalue weighted by atomic mass is 9.95. The first kappa shape index (κ1) is 9.44. The third kappa shape index (κ3) is 1.72. The summed E-state index contributed by atoms with van der Waals surface area (Å²) >= 11 is 0. The standard InChI is InChI=1S/C11H16N2O/c1-9-12-8-7-11(14)13(9)10-5-3-2-4-6-10/h7-8,10H,2-6H2,1H3. The molecule has 0 bridgehead atoms. The van der Waals surface area contributed by atoms with E-state index in [9.17, 15) is 4.79 Å². The Balaban J connectivity index is 2.34. The third-order valence-corrected chi connectivity index (χ3v) is 3.00. The summed E-state index contributed by atoms with van der Waals surface area (Å²) in [6.07, 6.45) is 7.65. The summed E-state index contributed by atoms with van der Waals surface area (Å²) in [6, 6.07) is 1.95. The lowest BCUT2D eigenvalue weighted by molar-refractivity contribution is 0.338. The van der Waals surface area contributed by atoms with Crippen molar-refractivity contribution in [2.75, 3.05) is 0 Å². The Morgan fingerprint density at radius 2 is 2.07 bits per heavy atom. The van der Waals surface area contributed by atoms with Crippen LogP contribution in [0.3, 0.4) is 0 Å². The first-order chi connectivity index (χ1) is 6.79. The summed E-state index contributed by atoms with van der Waals surface area (Å²) in [5, 5.41) is 0. The molecule has 0 spiro atoms. The minimum Gasteiger partial charge on any atom is -0.294 e. The summed E-state index contributed by atoms with van der Waals surface area (Å²) in [6.45, 7) is 1.91. The Labute approximate surface area is 83.8 Å². The minimum absolute atomic E-state index is 0.101. The lowest BCUT2D eigenvalue weighted by Gasteiger charge is -2.24. The number of hydrogen-bond donors (Lipinski definition) is 0. The van der Waals surface area contributed by atoms with E-state index in [1.807, 2.05) is 11.5 Å². The molecular formula is C11H16N2O. The second-order valence-electron chi connectivity index (χ2n) is 3.99. The minimum atomic E-state index is 0.101. The van der Waals surface area contributed by atoms with Gasteiger partial charge in [-0.1, -0.05) is 19.3 Å². The Bertz CT molecular complexity index is 364. The van der Waals surface area contributed by atoms with Gasteiger partial charge in [-0.3, -0.25) is 9.36 Å². The largest absolute Gasteiger partial charge is 0.294 e. The van der Waals surface area contributed by atoms with Gasteiger partial charge in [-0.05, 0) is 19.8 Å². The maximum atomic E-state index is 11.7. The molecule has 0 radical (unpaired) electrons. The first-order valence-electron chi connectivity index (χ1n) is 5.33. The highest BCUT2D eigenvalue weighted by Crippen LogP contribution is 2.27. The van der Waals surface area contributed by atoms with Crippen molar-refractivity contribution in [3.05, 3.63) is 28.4 Å². The van der Waals surface area contributed by atoms with E-state index in [1.54, 1.807) is 12.3 Å². The van der Waals surface area contributed by atoms with E-state index in [2.05, 4.69) is 4.98 Å². The van der Waals surface area contributed by atoms with Crippen LogP contribution in [0.5, 0.6) is 0 Å². The Hall–Kier alpha value is -1.12. The van der Waals surface area contributed by atoms with Gasteiger partial charge in [0.2, 0.25) is 0 Å². The van der Waals surface area contributed by atoms with Crippen molar-refractivity contribution in [1.82, 2.24) is 9.55 Å². The molecule has 0 N–H and O–H groups in total. The molecule has 0 amide bonds. The highest BCUT2D eigenvalue weighted by molar-refractivity contribution is 4.94. The smallest absolute Gasteiger partial charge is 0.253 e. The van der Waals surface area contributed by atoms with E-state index in [0.717, 1.165) is 18.7 Å². The van der Waals surface area contributed by atoms with E-state index in [1.165, 1.54) is 19.3 Å². The van der Waals surface area contributed by atoms with Gasteiger partial charge in [0.15, 0.2) is 0 Å². The van der Waals surface area contributed by atoms with Crippen molar-refractivity contribution in [2.45, 2.75) is 45.1 Å². The zero-order valence-corrected chi connectivity index (χ0v) is 8.57. The Morgan fingerprint density at radius 3 is 2.71 bits per heavy atom. The maximum Gasteiger partial charge on any atom is 0.253 e. The fraction of sp³-hybridized carbons (Fsp3) is 0.636. The van der Waals surface area contributed by atoms with Crippen LogP contribution in [0.25, 0.3) is 0 Å². The molecule has 0 unspecified atom stereocenters. The number of aromatic nitrogens is 2. The van der Waals surface area contributed by atoms with Gasteiger partial charge >= 0.3 is 0 Å². The molecule has 1 saturated carbocycles. The average molecular weight is 192 g/mol. The molecule has 1 fully saturated rings. The van der Waals surface area contributed by atoms with Crippen molar-refractivity contribution < 1.29 is 0 Å². The van der Waals surface area contributed by atoms with Crippen molar-refractivity contribution >= 4 is 0 Å². The van der Waals surface area contributed by atoms with Crippen molar-refractivity contribution in [1.29, 1.82) is 0 Å². The SMILES string of the molecule is Cc1nccc(=O)n1C1CCCCC1. The molecule has 0 aromatic carbocycles. The van der Waals surface area contributed by atoms with Gasteiger partial charge in [0.05, 0.1) is 0 Å². The maximum absolute atomic E-state index is 11.7. The zero-order chi connectivity index (χ0) is 9.97. The van der Waals surface area contributed by atoms with Crippen LogP contribution < -0.4 is 5.56 Å². The van der Waals surface area contributed by atoms with E-state index in [4.69, 9.17) is 0 Å². The number of aryl methyl sites for hydroxylation is 1.